The van der Waals surface area contributed by atoms with E-state index in [-0.39, 0.29) is 17.9 Å². The number of nitrogens with one attached hydrogen (secondary N) is 2. The monoisotopic (exact) mass is 532 g/mol. The maximum Gasteiger partial charge on any atom is 0.237 e. The summed E-state index contributed by atoms with van der Waals surface area (Å²) >= 11 is 7.88. The molecule has 0 radical (unpaired) electrons. The topological polar surface area (TPSA) is 90.8 Å². The second-order valence-electron chi connectivity index (χ2n) is 9.97. The van der Waals surface area contributed by atoms with E-state index in [2.05, 4.69) is 47.0 Å². The van der Waals surface area contributed by atoms with Gasteiger partial charge in [-0.15, -0.1) is 23.4 Å². The minimum absolute atomic E-state index is 0.145. The van der Waals surface area contributed by atoms with Gasteiger partial charge in [0, 0.05) is 5.92 Å². The third-order valence-corrected chi connectivity index (χ3v) is 8.71. The summed E-state index contributed by atoms with van der Waals surface area (Å²) in [5, 5.41) is 27.2. The molecular weight excluding hydrogens is 496 g/mol. The van der Waals surface area contributed by atoms with Gasteiger partial charge in [0.25, 0.3) is 0 Å². The van der Waals surface area contributed by atoms with E-state index in [1.165, 1.54) is 28.5 Å². The Hall–Kier alpha value is -1.61. The normalized spacial score (nSPS) is 32.4. The van der Waals surface area contributed by atoms with E-state index in [9.17, 15) is 15.0 Å². The van der Waals surface area contributed by atoms with Crippen molar-refractivity contribution in [1.82, 2.24) is 10.6 Å². The number of carbonyl (C=O) groups excluding carboxylic acids is 1. The fourth-order valence-corrected chi connectivity index (χ4v) is 6.25. The van der Waals surface area contributed by atoms with E-state index >= 15 is 0 Å². The molecule has 2 aliphatic heterocycles. The van der Waals surface area contributed by atoms with Crippen molar-refractivity contribution in [1.29, 1.82) is 0 Å². The van der Waals surface area contributed by atoms with Crippen molar-refractivity contribution >= 4 is 29.3 Å². The number of hydrogen-bond donors (Lipinski definition) is 4. The van der Waals surface area contributed by atoms with E-state index in [0.29, 0.717) is 6.42 Å². The molecule has 8 heteroatoms. The van der Waals surface area contributed by atoms with Crippen molar-refractivity contribution in [3.8, 4) is 11.1 Å². The molecule has 2 aromatic carbocycles. The average molecular weight is 533 g/mol. The zero-order chi connectivity index (χ0) is 25.8. The summed E-state index contributed by atoms with van der Waals surface area (Å²) in [5.41, 5.74) is 3.10. The second-order valence-corrected chi connectivity index (χ2v) is 11.6. The first kappa shape index (κ1) is 27.4. The number of aliphatic hydroxyl groups is 2. The summed E-state index contributed by atoms with van der Waals surface area (Å²) in [6, 6.07) is 18.0. The maximum atomic E-state index is 13.4. The lowest BCUT2D eigenvalue weighted by Gasteiger charge is -2.45. The molecule has 196 valence electrons. The van der Waals surface area contributed by atoms with Crippen LogP contribution < -0.4 is 10.6 Å². The van der Waals surface area contributed by atoms with Gasteiger partial charge in [0.15, 0.2) is 0 Å². The Kier molecular flexibility index (Phi) is 9.36. The number of thioether (sulfide) groups is 1. The van der Waals surface area contributed by atoms with Gasteiger partial charge in [-0.05, 0) is 55.2 Å². The second kappa shape index (κ2) is 12.3. The largest absolute Gasteiger partial charge is 0.390 e. The van der Waals surface area contributed by atoms with E-state index in [4.69, 9.17) is 16.3 Å². The highest BCUT2D eigenvalue weighted by atomic mass is 35.5. The highest BCUT2D eigenvalue weighted by molar-refractivity contribution is 7.99. The van der Waals surface area contributed by atoms with E-state index in [0.717, 1.165) is 13.0 Å². The summed E-state index contributed by atoms with van der Waals surface area (Å²) in [4.78, 5) is 13.4. The van der Waals surface area contributed by atoms with Gasteiger partial charge in [-0.3, -0.25) is 4.79 Å². The van der Waals surface area contributed by atoms with Gasteiger partial charge in [-0.25, -0.2) is 0 Å². The number of hydrogen-bond acceptors (Lipinski definition) is 6. The minimum atomic E-state index is -0.940. The van der Waals surface area contributed by atoms with Gasteiger partial charge in [0.2, 0.25) is 5.91 Å². The lowest BCUT2D eigenvalue weighted by molar-refractivity contribution is -0.177. The number of carbonyl (C=O) groups is 1. The van der Waals surface area contributed by atoms with Crippen LogP contribution in [0.4, 0.5) is 0 Å². The number of aliphatic hydroxyl groups excluding tert-OH is 2. The van der Waals surface area contributed by atoms with E-state index in [1.807, 2.05) is 24.5 Å². The summed E-state index contributed by atoms with van der Waals surface area (Å²) < 4.78 is 6.02. The molecule has 2 heterocycles. The van der Waals surface area contributed by atoms with Crippen LogP contribution in [0.2, 0.25) is 0 Å². The molecule has 0 spiro atoms. The molecule has 6 nitrogen and oxygen atoms in total. The molecule has 2 aliphatic rings. The third kappa shape index (κ3) is 6.09. The number of amides is 1. The van der Waals surface area contributed by atoms with Crippen LogP contribution in [0.3, 0.4) is 0 Å². The maximum absolute atomic E-state index is 13.4. The molecule has 1 amide bonds. The molecular formula is C28H37ClN2O4S. The van der Waals surface area contributed by atoms with Gasteiger partial charge >= 0.3 is 0 Å². The van der Waals surface area contributed by atoms with Gasteiger partial charge < -0.3 is 25.6 Å². The van der Waals surface area contributed by atoms with Crippen LogP contribution in [0, 0.1) is 5.92 Å². The number of piperidine rings is 1. The fraction of sp³-hybridized carbons (Fsp3) is 0.536. The standard InChI is InChI=1S/C28H37ClN2O4S/c1-16-24(32)26(35-28(36-3)25(16)33)23(17(2)29)31-27(34)22-15-21(13-14-30-22)20-11-9-19(10-12-20)18-7-5-4-6-8-18/h4-12,16-17,21-26,28,30,32-33H,13-15H2,1-3H3,(H,31,34)/t16-,17-,21+,22-,23?,24+,25+,26+,28+/m0/s1. The van der Waals surface area contributed by atoms with Gasteiger partial charge in [0.1, 0.15) is 11.5 Å². The number of halogens is 1. The van der Waals surface area contributed by atoms with Crippen LogP contribution in [-0.4, -0.2) is 70.1 Å². The van der Waals surface area contributed by atoms with Gasteiger partial charge in [-0.1, -0.05) is 61.5 Å². The first-order valence-corrected chi connectivity index (χ1v) is 14.4. The molecule has 0 bridgehead atoms. The zero-order valence-electron chi connectivity index (χ0n) is 21.0. The molecule has 9 atom stereocenters. The van der Waals surface area contributed by atoms with Crippen LogP contribution in [0.1, 0.15) is 38.2 Å². The van der Waals surface area contributed by atoms with Crippen LogP contribution in [-0.2, 0) is 9.53 Å². The van der Waals surface area contributed by atoms with Gasteiger partial charge in [-0.2, -0.15) is 0 Å². The van der Waals surface area contributed by atoms with Crippen molar-refractivity contribution in [3.63, 3.8) is 0 Å². The summed E-state index contributed by atoms with van der Waals surface area (Å²) in [6.45, 7) is 4.32. The summed E-state index contributed by atoms with van der Waals surface area (Å²) in [6.07, 6.45) is 1.05. The molecule has 4 N–H and O–H groups in total. The quantitative estimate of drug-likeness (QED) is 0.406. The third-order valence-electron chi connectivity index (χ3n) is 7.58. The Balaban J connectivity index is 1.42. The van der Waals surface area contributed by atoms with Gasteiger partial charge in [0.05, 0.1) is 29.7 Å². The number of benzene rings is 2. The molecule has 2 aromatic rings. The van der Waals surface area contributed by atoms with Crippen LogP contribution >= 0.6 is 23.4 Å². The molecule has 36 heavy (non-hydrogen) atoms. The molecule has 0 saturated carbocycles. The molecule has 0 aliphatic carbocycles. The lowest BCUT2D eigenvalue weighted by Crippen LogP contribution is -2.63. The Morgan fingerprint density at radius 2 is 1.78 bits per heavy atom. The van der Waals surface area contributed by atoms with Crippen molar-refractivity contribution in [2.45, 2.75) is 73.8 Å². The Bertz CT molecular complexity index is 991. The fourth-order valence-electron chi connectivity index (χ4n) is 5.28. The number of rotatable bonds is 7. The summed E-state index contributed by atoms with van der Waals surface area (Å²) in [5.74, 6) is -0.272. The smallest absolute Gasteiger partial charge is 0.237 e. The average Bonchev–Trinajstić information content (AvgIpc) is 2.91. The van der Waals surface area contributed by atoms with Crippen molar-refractivity contribution < 1.29 is 19.7 Å². The predicted molar refractivity (Wildman–Crippen MR) is 146 cm³/mol. The zero-order valence-corrected chi connectivity index (χ0v) is 22.6. The van der Waals surface area contributed by atoms with Crippen molar-refractivity contribution in [3.05, 3.63) is 60.2 Å². The summed E-state index contributed by atoms with van der Waals surface area (Å²) in [7, 11) is 0. The first-order valence-electron chi connectivity index (χ1n) is 12.7. The lowest BCUT2D eigenvalue weighted by atomic mass is 9.84. The highest BCUT2D eigenvalue weighted by Gasteiger charge is 2.46. The first-order chi connectivity index (χ1) is 17.3. The molecule has 2 saturated heterocycles. The Labute approximate surface area is 223 Å². The van der Waals surface area contributed by atoms with Crippen molar-refractivity contribution in [2.75, 3.05) is 12.8 Å². The predicted octanol–water partition coefficient (Wildman–Crippen LogP) is 3.75. The molecule has 1 unspecified atom stereocenters. The van der Waals surface area contributed by atoms with Crippen LogP contribution in [0.5, 0.6) is 0 Å². The Morgan fingerprint density at radius 1 is 1.11 bits per heavy atom. The van der Waals surface area contributed by atoms with E-state index in [1.54, 1.807) is 13.8 Å². The molecule has 0 aromatic heterocycles. The molecule has 4 rings (SSSR count). The molecule has 2 fully saturated rings. The van der Waals surface area contributed by atoms with Crippen LogP contribution in [0.25, 0.3) is 11.1 Å². The SMILES string of the molecule is CS[C@H]1O[C@H](C(NC(=O)[C@@H]2C[C@H](c3ccc(-c4ccccc4)cc3)CCN2)[C@H](C)Cl)[C@H](O)[C@H](C)[C@H]1O. The Morgan fingerprint density at radius 3 is 2.42 bits per heavy atom. The van der Waals surface area contributed by atoms with Crippen molar-refractivity contribution in [2.24, 2.45) is 5.92 Å². The van der Waals surface area contributed by atoms with E-state index < -0.39 is 41.1 Å². The van der Waals surface area contributed by atoms with Crippen LogP contribution in [0.15, 0.2) is 54.6 Å². The number of ether oxygens (including phenoxy) is 1. The minimum Gasteiger partial charge on any atom is -0.390 e. The highest BCUT2D eigenvalue weighted by Crippen LogP contribution is 2.34. The number of alkyl halides is 1.